The standard InChI is InChI=1S/C9H20N4.H2O4S/c10-9(11)13-7-8-5-3-1-2-4-6-12-8;1-5(2,3)4/h8,12H,1-7H2,(H4,10,11,13);(H2,1,2,3,4)/t8-;/m0./s1. The summed E-state index contributed by atoms with van der Waals surface area (Å²) >= 11 is 0. The lowest BCUT2D eigenvalue weighted by molar-refractivity contribution is 0.381. The van der Waals surface area contributed by atoms with Crippen molar-refractivity contribution in [2.45, 2.75) is 38.1 Å². The van der Waals surface area contributed by atoms with Gasteiger partial charge in [0.1, 0.15) is 0 Å². The fourth-order valence-electron chi connectivity index (χ4n) is 1.65. The van der Waals surface area contributed by atoms with E-state index in [-0.39, 0.29) is 5.96 Å². The van der Waals surface area contributed by atoms with Crippen LogP contribution in [0, 0.1) is 0 Å². The van der Waals surface area contributed by atoms with Crippen LogP contribution in [0.2, 0.25) is 0 Å². The van der Waals surface area contributed by atoms with Crippen molar-refractivity contribution in [2.75, 3.05) is 13.1 Å². The van der Waals surface area contributed by atoms with Gasteiger partial charge in [0.2, 0.25) is 0 Å². The van der Waals surface area contributed by atoms with E-state index in [2.05, 4.69) is 10.3 Å². The summed E-state index contributed by atoms with van der Waals surface area (Å²) in [6, 6.07) is 0.474. The van der Waals surface area contributed by atoms with E-state index in [1.54, 1.807) is 0 Å². The van der Waals surface area contributed by atoms with Crippen molar-refractivity contribution in [3.63, 3.8) is 0 Å². The molecule has 0 aliphatic carbocycles. The molecule has 7 N–H and O–H groups in total. The maximum absolute atomic E-state index is 8.74. The quantitative estimate of drug-likeness (QED) is 0.261. The zero-order valence-electron chi connectivity index (χ0n) is 10.2. The van der Waals surface area contributed by atoms with Gasteiger partial charge in [-0.1, -0.05) is 19.3 Å². The van der Waals surface area contributed by atoms with E-state index in [4.69, 9.17) is 29.0 Å². The van der Waals surface area contributed by atoms with Crippen LogP contribution >= 0.6 is 0 Å². The lowest BCUT2D eigenvalue weighted by atomic mass is 10.0. The third-order valence-electron chi connectivity index (χ3n) is 2.41. The van der Waals surface area contributed by atoms with Crippen LogP contribution in [0.4, 0.5) is 0 Å². The number of nitrogens with two attached hydrogens (primary N) is 2. The zero-order chi connectivity index (χ0) is 14.0. The van der Waals surface area contributed by atoms with E-state index in [9.17, 15) is 0 Å². The van der Waals surface area contributed by atoms with Crippen molar-refractivity contribution < 1.29 is 17.5 Å². The van der Waals surface area contributed by atoms with E-state index >= 15 is 0 Å². The summed E-state index contributed by atoms with van der Waals surface area (Å²) in [5, 5.41) is 3.46. The molecular formula is C9H22N4O4S. The van der Waals surface area contributed by atoms with Crippen LogP contribution in [-0.2, 0) is 10.4 Å². The van der Waals surface area contributed by atoms with Gasteiger partial charge >= 0.3 is 10.4 Å². The molecule has 0 spiro atoms. The molecule has 9 heteroatoms. The molecule has 0 unspecified atom stereocenters. The second-order valence-corrected chi connectivity index (χ2v) is 4.96. The Bertz CT molecular complexity index is 324. The Hall–Kier alpha value is -0.900. The van der Waals surface area contributed by atoms with Crippen LogP contribution in [-0.4, -0.2) is 42.6 Å². The molecule has 108 valence electrons. The molecule has 1 aliphatic heterocycles. The highest BCUT2D eigenvalue weighted by atomic mass is 32.3. The minimum absolute atomic E-state index is 0.198. The molecule has 1 fully saturated rings. The van der Waals surface area contributed by atoms with Crippen LogP contribution in [0.15, 0.2) is 4.99 Å². The molecule has 1 atom stereocenters. The predicted octanol–water partition coefficient (Wildman–Crippen LogP) is -0.471. The fourth-order valence-corrected chi connectivity index (χ4v) is 1.65. The normalized spacial score (nSPS) is 20.9. The summed E-state index contributed by atoms with van der Waals surface area (Å²) < 4.78 is 31.6. The van der Waals surface area contributed by atoms with E-state index in [1.807, 2.05) is 0 Å². The minimum atomic E-state index is -4.67. The monoisotopic (exact) mass is 282 g/mol. The average molecular weight is 282 g/mol. The maximum atomic E-state index is 8.74. The van der Waals surface area contributed by atoms with Crippen LogP contribution in [0.3, 0.4) is 0 Å². The highest BCUT2D eigenvalue weighted by molar-refractivity contribution is 7.79. The van der Waals surface area contributed by atoms with Gasteiger partial charge in [-0.05, 0) is 19.4 Å². The van der Waals surface area contributed by atoms with Crippen molar-refractivity contribution in [1.82, 2.24) is 5.32 Å². The summed E-state index contributed by atoms with van der Waals surface area (Å²) in [5.41, 5.74) is 10.6. The predicted molar refractivity (Wildman–Crippen MR) is 69.7 cm³/mol. The smallest absolute Gasteiger partial charge is 0.370 e. The highest BCUT2D eigenvalue weighted by Gasteiger charge is 2.09. The third-order valence-corrected chi connectivity index (χ3v) is 2.41. The first-order valence-corrected chi connectivity index (χ1v) is 7.17. The minimum Gasteiger partial charge on any atom is -0.370 e. The second-order valence-electron chi connectivity index (χ2n) is 4.07. The SMILES string of the molecule is NC(N)=NC[C@@H]1CCCCCCN1.O=S(=O)(O)O. The largest absolute Gasteiger partial charge is 0.394 e. The first-order valence-electron chi connectivity index (χ1n) is 5.77. The molecule has 1 heterocycles. The summed E-state index contributed by atoms with van der Waals surface area (Å²) in [6.07, 6.45) is 6.45. The Morgan fingerprint density at radius 1 is 1.22 bits per heavy atom. The first kappa shape index (κ1) is 17.1. The number of guanidine groups is 1. The molecule has 0 radical (unpaired) electrons. The first-order chi connectivity index (χ1) is 8.29. The van der Waals surface area contributed by atoms with Crippen LogP contribution in [0.25, 0.3) is 0 Å². The number of hydrogen-bond donors (Lipinski definition) is 5. The van der Waals surface area contributed by atoms with Gasteiger partial charge in [-0.3, -0.25) is 14.1 Å². The van der Waals surface area contributed by atoms with Gasteiger partial charge in [0, 0.05) is 6.04 Å². The number of rotatable bonds is 2. The van der Waals surface area contributed by atoms with Crippen LogP contribution in [0.1, 0.15) is 32.1 Å². The van der Waals surface area contributed by atoms with E-state index in [0.29, 0.717) is 6.04 Å². The molecule has 18 heavy (non-hydrogen) atoms. The molecule has 8 nitrogen and oxygen atoms in total. The lowest BCUT2D eigenvalue weighted by Gasteiger charge is -2.19. The molecule has 0 amide bonds. The molecular weight excluding hydrogens is 260 g/mol. The van der Waals surface area contributed by atoms with Crippen LogP contribution < -0.4 is 16.8 Å². The van der Waals surface area contributed by atoms with E-state index in [1.165, 1.54) is 32.1 Å². The summed E-state index contributed by atoms with van der Waals surface area (Å²) in [4.78, 5) is 4.03. The van der Waals surface area contributed by atoms with Crippen LogP contribution in [0.5, 0.6) is 0 Å². The Labute approximate surface area is 107 Å². The Balaban J connectivity index is 0.000000494. The molecule has 0 aromatic heterocycles. The van der Waals surface area contributed by atoms with Crippen molar-refractivity contribution in [2.24, 2.45) is 16.5 Å². The van der Waals surface area contributed by atoms with Crippen molar-refractivity contribution in [3.05, 3.63) is 0 Å². The molecule has 1 saturated heterocycles. The van der Waals surface area contributed by atoms with Gasteiger partial charge in [0.15, 0.2) is 5.96 Å². The van der Waals surface area contributed by atoms with Crippen molar-refractivity contribution in [1.29, 1.82) is 0 Å². The number of nitrogens with zero attached hydrogens (tertiary/aromatic N) is 1. The lowest BCUT2D eigenvalue weighted by Crippen LogP contribution is -2.35. The number of aliphatic imine (C=N–C) groups is 1. The van der Waals surface area contributed by atoms with Gasteiger partial charge in [-0.15, -0.1) is 0 Å². The molecule has 1 rings (SSSR count). The average Bonchev–Trinajstić information content (AvgIpc) is 2.12. The van der Waals surface area contributed by atoms with Gasteiger partial charge in [0.05, 0.1) is 6.54 Å². The molecule has 0 bridgehead atoms. The highest BCUT2D eigenvalue weighted by Crippen LogP contribution is 2.09. The third kappa shape index (κ3) is 15.1. The molecule has 0 aromatic rings. The maximum Gasteiger partial charge on any atom is 0.394 e. The van der Waals surface area contributed by atoms with Gasteiger partial charge < -0.3 is 16.8 Å². The molecule has 1 aliphatic rings. The van der Waals surface area contributed by atoms with E-state index in [0.717, 1.165) is 13.1 Å². The fraction of sp³-hybridized carbons (Fsp3) is 0.889. The summed E-state index contributed by atoms with van der Waals surface area (Å²) in [7, 11) is -4.67. The Morgan fingerprint density at radius 3 is 2.33 bits per heavy atom. The Morgan fingerprint density at radius 2 is 1.78 bits per heavy atom. The number of nitrogens with one attached hydrogen (secondary N) is 1. The Kier molecular flexibility index (Phi) is 8.63. The molecule has 0 aromatic carbocycles. The van der Waals surface area contributed by atoms with Gasteiger partial charge in [-0.25, -0.2) is 0 Å². The second kappa shape index (κ2) is 9.09. The van der Waals surface area contributed by atoms with Crippen molar-refractivity contribution in [3.8, 4) is 0 Å². The topological polar surface area (TPSA) is 151 Å². The van der Waals surface area contributed by atoms with Gasteiger partial charge in [-0.2, -0.15) is 8.42 Å². The van der Waals surface area contributed by atoms with E-state index < -0.39 is 10.4 Å². The summed E-state index contributed by atoms with van der Waals surface area (Å²) in [5.74, 6) is 0.198. The number of hydrogen-bond acceptors (Lipinski definition) is 4. The molecule has 0 saturated carbocycles. The van der Waals surface area contributed by atoms with Crippen molar-refractivity contribution >= 4 is 16.4 Å². The summed E-state index contributed by atoms with van der Waals surface area (Å²) in [6.45, 7) is 1.83. The van der Waals surface area contributed by atoms with Gasteiger partial charge in [0.25, 0.3) is 0 Å². The zero-order valence-corrected chi connectivity index (χ0v) is 11.1.